The summed E-state index contributed by atoms with van der Waals surface area (Å²) in [5.74, 6) is -0.105. The van der Waals surface area contributed by atoms with Gasteiger partial charge < -0.3 is 4.90 Å². The molecule has 174 valence electrons. The fourth-order valence-electron chi connectivity index (χ4n) is 4.33. The molecule has 1 saturated heterocycles. The quantitative estimate of drug-likeness (QED) is 0.515. The summed E-state index contributed by atoms with van der Waals surface area (Å²) in [6.07, 6.45) is 5.52. The van der Waals surface area contributed by atoms with Gasteiger partial charge in [-0.15, -0.1) is 0 Å². The zero-order valence-corrected chi connectivity index (χ0v) is 19.7. The number of rotatable bonds is 9. The molecule has 4 nitrogen and oxygen atoms in total. The van der Waals surface area contributed by atoms with Gasteiger partial charge in [-0.2, -0.15) is 0 Å². The molecule has 0 radical (unpaired) electrons. The highest BCUT2D eigenvalue weighted by molar-refractivity contribution is 5.81. The third-order valence-electron chi connectivity index (χ3n) is 6.33. The van der Waals surface area contributed by atoms with Crippen LogP contribution in [0, 0.1) is 5.82 Å². The number of carbonyl (C=O) groups is 1. The van der Waals surface area contributed by atoms with E-state index in [9.17, 15) is 9.18 Å². The third-order valence-corrected chi connectivity index (χ3v) is 6.33. The van der Waals surface area contributed by atoms with Crippen molar-refractivity contribution < 1.29 is 9.18 Å². The second-order valence-corrected chi connectivity index (χ2v) is 8.50. The molecular weight excluding hydrogens is 413 g/mol. The van der Waals surface area contributed by atoms with Crippen LogP contribution in [0.25, 0.3) is 0 Å². The van der Waals surface area contributed by atoms with E-state index in [1.54, 1.807) is 6.08 Å². The molecule has 0 aromatic heterocycles. The van der Waals surface area contributed by atoms with Gasteiger partial charge in [-0.05, 0) is 42.8 Å². The Balaban J connectivity index is 1.67. The molecule has 33 heavy (non-hydrogen) atoms. The lowest BCUT2D eigenvalue weighted by Gasteiger charge is -2.41. The van der Waals surface area contributed by atoms with Crippen LogP contribution in [0.1, 0.15) is 24.1 Å². The first-order chi connectivity index (χ1) is 15.9. The van der Waals surface area contributed by atoms with Gasteiger partial charge in [0.1, 0.15) is 5.82 Å². The van der Waals surface area contributed by atoms with E-state index < -0.39 is 0 Å². The van der Waals surface area contributed by atoms with Crippen molar-refractivity contribution in [1.29, 1.82) is 0 Å². The van der Waals surface area contributed by atoms with Crippen molar-refractivity contribution in [2.24, 2.45) is 0 Å². The van der Waals surface area contributed by atoms with E-state index in [2.05, 4.69) is 35.1 Å². The monoisotopic (exact) mass is 447 g/mol. The Hall–Kier alpha value is -3.02. The van der Waals surface area contributed by atoms with Crippen LogP contribution in [0.15, 0.2) is 91.6 Å². The van der Waals surface area contributed by atoms with E-state index in [0.717, 1.165) is 30.8 Å². The number of hydrogen-bond donors (Lipinski definition) is 0. The van der Waals surface area contributed by atoms with Crippen LogP contribution in [0.5, 0.6) is 0 Å². The zero-order chi connectivity index (χ0) is 23.8. The number of benzene rings is 2. The van der Waals surface area contributed by atoms with Crippen molar-refractivity contribution in [2.45, 2.75) is 25.6 Å². The molecule has 0 bridgehead atoms. The van der Waals surface area contributed by atoms with Crippen LogP contribution >= 0.6 is 0 Å². The van der Waals surface area contributed by atoms with Gasteiger partial charge in [-0.1, -0.05) is 73.9 Å². The van der Waals surface area contributed by atoms with E-state index in [1.165, 1.54) is 17.7 Å². The van der Waals surface area contributed by atoms with E-state index in [-0.39, 0.29) is 23.8 Å². The summed E-state index contributed by atoms with van der Waals surface area (Å²) in [5.41, 5.74) is 3.20. The molecule has 1 aliphatic rings. The third kappa shape index (κ3) is 6.28. The topological polar surface area (TPSA) is 26.8 Å². The van der Waals surface area contributed by atoms with Gasteiger partial charge in [0.15, 0.2) is 0 Å². The first kappa shape index (κ1) is 24.6. The predicted molar refractivity (Wildman–Crippen MR) is 133 cm³/mol. The van der Waals surface area contributed by atoms with Crippen LogP contribution in [-0.2, 0) is 11.3 Å². The van der Waals surface area contributed by atoms with Crippen LogP contribution < -0.4 is 0 Å². The minimum absolute atomic E-state index is 0.0588. The van der Waals surface area contributed by atoms with Crippen LogP contribution in [0.3, 0.4) is 0 Å². The number of allylic oxidation sites excluding steroid dienone is 2. The molecule has 0 N–H and O–H groups in total. The van der Waals surface area contributed by atoms with Crippen LogP contribution in [-0.4, -0.2) is 59.9 Å². The largest absolute Gasteiger partial charge is 0.339 e. The molecule has 1 aliphatic heterocycles. The highest BCUT2D eigenvalue weighted by Crippen LogP contribution is 2.30. The molecule has 2 atom stereocenters. The molecule has 1 fully saturated rings. The van der Waals surface area contributed by atoms with Gasteiger partial charge >= 0.3 is 0 Å². The van der Waals surface area contributed by atoms with Crippen molar-refractivity contribution in [3.63, 3.8) is 0 Å². The Bertz CT molecular complexity index is 962. The van der Waals surface area contributed by atoms with Crippen molar-refractivity contribution in [3.05, 3.63) is 109 Å². The van der Waals surface area contributed by atoms with Crippen molar-refractivity contribution in [3.8, 4) is 0 Å². The maximum absolute atomic E-state index is 13.5. The number of hydrogen-bond acceptors (Lipinski definition) is 3. The van der Waals surface area contributed by atoms with Crippen molar-refractivity contribution >= 4 is 5.91 Å². The van der Waals surface area contributed by atoms with E-state index in [1.807, 2.05) is 61.4 Å². The number of halogens is 1. The summed E-state index contributed by atoms with van der Waals surface area (Å²) >= 11 is 0. The lowest BCUT2D eigenvalue weighted by atomic mass is 9.95. The average Bonchev–Trinajstić information content (AvgIpc) is 2.85. The van der Waals surface area contributed by atoms with Gasteiger partial charge in [0, 0.05) is 32.7 Å². The highest BCUT2D eigenvalue weighted by atomic mass is 19.1. The minimum atomic E-state index is -0.255. The van der Waals surface area contributed by atoms with Crippen molar-refractivity contribution in [1.82, 2.24) is 14.7 Å². The van der Waals surface area contributed by atoms with Crippen molar-refractivity contribution in [2.75, 3.05) is 33.2 Å². The molecule has 2 aromatic rings. The van der Waals surface area contributed by atoms with Gasteiger partial charge in [0.2, 0.25) is 5.91 Å². The molecule has 1 unspecified atom stereocenters. The lowest BCUT2D eigenvalue weighted by molar-refractivity contribution is -0.138. The Morgan fingerprint density at radius 1 is 1.06 bits per heavy atom. The number of likely N-dealkylation sites (N-methyl/N-ethyl adjacent to an activating group) is 1. The summed E-state index contributed by atoms with van der Waals surface area (Å²) in [7, 11) is 1.99. The first-order valence-electron chi connectivity index (χ1n) is 11.4. The Kier molecular flexibility index (Phi) is 8.75. The molecule has 1 amide bonds. The number of nitrogens with zero attached hydrogens (tertiary/aromatic N) is 3. The van der Waals surface area contributed by atoms with E-state index in [4.69, 9.17) is 0 Å². The minimum Gasteiger partial charge on any atom is -0.339 e. The maximum atomic E-state index is 13.5. The Labute approximate surface area is 197 Å². The predicted octanol–water partition coefficient (Wildman–Crippen LogP) is 4.83. The standard InChI is InChI=1S/C28H34FN3O/c1-5-10-24(6-2)27(25-13-15-26(29)16-14-25)31-17-19-32(20-18-31)28(33)22(3)30(4)21-23-11-8-7-9-12-23/h5-16,22,27H,1-2,17-21H2,3-4H3/b24-10+/t22-,27?/m0/s1. The molecule has 5 heteroatoms. The Morgan fingerprint density at radius 2 is 1.70 bits per heavy atom. The molecule has 3 rings (SSSR count). The number of amides is 1. The number of piperazine rings is 1. The summed E-state index contributed by atoms with van der Waals surface area (Å²) in [6.45, 7) is 13.3. The van der Waals surface area contributed by atoms with Gasteiger partial charge in [0.25, 0.3) is 0 Å². The number of carbonyl (C=O) groups excluding carboxylic acids is 1. The first-order valence-corrected chi connectivity index (χ1v) is 11.4. The molecule has 2 aromatic carbocycles. The Morgan fingerprint density at radius 3 is 2.27 bits per heavy atom. The fraction of sp³-hybridized carbons (Fsp3) is 0.321. The summed E-state index contributed by atoms with van der Waals surface area (Å²) in [4.78, 5) is 19.6. The van der Waals surface area contributed by atoms with E-state index in [0.29, 0.717) is 13.1 Å². The smallest absolute Gasteiger partial charge is 0.239 e. The summed E-state index contributed by atoms with van der Waals surface area (Å²) < 4.78 is 13.5. The van der Waals surface area contributed by atoms with Crippen LogP contribution in [0.2, 0.25) is 0 Å². The zero-order valence-electron chi connectivity index (χ0n) is 19.7. The highest BCUT2D eigenvalue weighted by Gasteiger charge is 2.31. The molecular formula is C28H34FN3O. The summed E-state index contributed by atoms with van der Waals surface area (Å²) in [6, 6.07) is 16.5. The second kappa shape index (κ2) is 11.7. The van der Waals surface area contributed by atoms with E-state index >= 15 is 0 Å². The average molecular weight is 448 g/mol. The normalized spacial score (nSPS) is 17.0. The molecule has 0 aliphatic carbocycles. The fourth-order valence-corrected chi connectivity index (χ4v) is 4.33. The molecule has 0 saturated carbocycles. The van der Waals surface area contributed by atoms with Gasteiger partial charge in [-0.25, -0.2) is 4.39 Å². The SMILES string of the molecule is C=C/C=C(\C=C)C(c1ccc(F)cc1)N1CCN(C(=O)[C@H](C)N(C)Cc2ccccc2)CC1. The molecule has 1 heterocycles. The second-order valence-electron chi connectivity index (χ2n) is 8.50. The lowest BCUT2D eigenvalue weighted by Crippen LogP contribution is -2.54. The maximum Gasteiger partial charge on any atom is 0.239 e. The van der Waals surface area contributed by atoms with Gasteiger partial charge in [-0.3, -0.25) is 14.6 Å². The van der Waals surface area contributed by atoms with Crippen LogP contribution in [0.4, 0.5) is 4.39 Å². The van der Waals surface area contributed by atoms with Gasteiger partial charge in [0.05, 0.1) is 12.1 Å². The molecule has 0 spiro atoms. The summed E-state index contributed by atoms with van der Waals surface area (Å²) in [5, 5.41) is 0.